The van der Waals surface area contributed by atoms with E-state index in [1.54, 1.807) is 4.90 Å². The molecular formula is C17H33N3O2. The number of likely N-dealkylation sites (tertiary alicyclic amines) is 1. The Morgan fingerprint density at radius 3 is 2.59 bits per heavy atom. The predicted octanol–water partition coefficient (Wildman–Crippen LogP) is 2.05. The Balaban J connectivity index is 1.66. The van der Waals surface area contributed by atoms with E-state index in [1.165, 1.54) is 19.4 Å². The number of amides is 2. The van der Waals surface area contributed by atoms with Crippen molar-refractivity contribution >= 4 is 6.03 Å². The van der Waals surface area contributed by atoms with Crippen molar-refractivity contribution in [2.24, 2.45) is 5.92 Å². The second-order valence-corrected chi connectivity index (χ2v) is 7.06. The van der Waals surface area contributed by atoms with Gasteiger partial charge in [0.1, 0.15) is 0 Å². The van der Waals surface area contributed by atoms with E-state index in [4.69, 9.17) is 0 Å². The fraction of sp³-hybridized carbons (Fsp3) is 0.941. The zero-order chi connectivity index (χ0) is 15.9. The molecule has 1 saturated carbocycles. The molecule has 2 N–H and O–H groups in total. The van der Waals surface area contributed by atoms with Crippen molar-refractivity contribution in [2.75, 3.05) is 33.2 Å². The largest absolute Gasteiger partial charge is 0.393 e. The van der Waals surface area contributed by atoms with Crippen LogP contribution in [0.1, 0.15) is 51.9 Å². The molecule has 2 rings (SSSR count). The quantitative estimate of drug-likeness (QED) is 0.789. The number of carbonyl (C=O) groups excluding carboxylic acids is 1. The molecule has 0 aromatic rings. The molecule has 1 aliphatic heterocycles. The molecule has 2 amide bonds. The first-order valence-corrected chi connectivity index (χ1v) is 9.02. The van der Waals surface area contributed by atoms with Crippen molar-refractivity contribution in [2.45, 2.75) is 64.0 Å². The molecule has 2 aliphatic rings. The minimum atomic E-state index is -0.225. The number of nitrogens with one attached hydrogen (secondary N) is 1. The van der Waals surface area contributed by atoms with Crippen molar-refractivity contribution < 1.29 is 9.90 Å². The maximum Gasteiger partial charge on any atom is 0.317 e. The highest BCUT2D eigenvalue weighted by atomic mass is 16.3. The Morgan fingerprint density at radius 2 is 2.00 bits per heavy atom. The van der Waals surface area contributed by atoms with Crippen molar-refractivity contribution in [3.05, 3.63) is 0 Å². The van der Waals surface area contributed by atoms with Crippen LogP contribution in [-0.4, -0.2) is 66.3 Å². The third-order valence-corrected chi connectivity index (χ3v) is 5.22. The molecule has 0 spiro atoms. The molecule has 2 fully saturated rings. The van der Waals surface area contributed by atoms with E-state index in [1.807, 2.05) is 7.05 Å². The smallest absolute Gasteiger partial charge is 0.317 e. The molecule has 5 heteroatoms. The van der Waals surface area contributed by atoms with Crippen molar-refractivity contribution in [1.29, 1.82) is 0 Å². The van der Waals surface area contributed by atoms with Crippen LogP contribution in [0.15, 0.2) is 0 Å². The van der Waals surface area contributed by atoms with Gasteiger partial charge in [-0.3, -0.25) is 0 Å². The fourth-order valence-electron chi connectivity index (χ4n) is 3.63. The van der Waals surface area contributed by atoms with E-state index in [-0.39, 0.29) is 18.1 Å². The molecule has 1 saturated heterocycles. The van der Waals surface area contributed by atoms with Crippen LogP contribution in [0.25, 0.3) is 0 Å². The summed E-state index contributed by atoms with van der Waals surface area (Å²) in [7, 11) is 1.84. The Morgan fingerprint density at radius 1 is 1.27 bits per heavy atom. The van der Waals surface area contributed by atoms with Crippen molar-refractivity contribution in [1.82, 2.24) is 15.1 Å². The number of nitrogens with zero attached hydrogens (tertiary/aromatic N) is 2. The molecule has 5 nitrogen and oxygen atoms in total. The number of urea groups is 1. The van der Waals surface area contributed by atoms with Crippen molar-refractivity contribution in [3.63, 3.8) is 0 Å². The van der Waals surface area contributed by atoms with Crippen LogP contribution in [0.5, 0.6) is 0 Å². The third-order valence-electron chi connectivity index (χ3n) is 5.22. The van der Waals surface area contributed by atoms with Crippen LogP contribution in [0.4, 0.5) is 4.79 Å². The molecule has 2 atom stereocenters. The maximum absolute atomic E-state index is 12.3. The Kier molecular flexibility index (Phi) is 6.96. The zero-order valence-corrected chi connectivity index (χ0v) is 14.3. The number of aliphatic hydroxyl groups excluding tert-OH is 1. The monoisotopic (exact) mass is 311 g/mol. The fourth-order valence-corrected chi connectivity index (χ4v) is 3.63. The number of unbranched alkanes of at least 4 members (excludes halogenated alkanes) is 1. The topological polar surface area (TPSA) is 55.8 Å². The first kappa shape index (κ1) is 17.5. The number of hydrogen-bond acceptors (Lipinski definition) is 3. The Hall–Kier alpha value is -0.810. The van der Waals surface area contributed by atoms with Gasteiger partial charge < -0.3 is 20.2 Å². The highest BCUT2D eigenvalue weighted by Crippen LogP contribution is 2.26. The summed E-state index contributed by atoms with van der Waals surface area (Å²) in [5.41, 5.74) is 0. The lowest BCUT2D eigenvalue weighted by Gasteiger charge is -2.33. The van der Waals surface area contributed by atoms with Crippen LogP contribution in [0, 0.1) is 5.92 Å². The van der Waals surface area contributed by atoms with Gasteiger partial charge in [0.05, 0.1) is 6.10 Å². The normalized spacial score (nSPS) is 27.0. The summed E-state index contributed by atoms with van der Waals surface area (Å²) in [5, 5.41) is 13.0. The lowest BCUT2D eigenvalue weighted by atomic mass is 10.0. The van der Waals surface area contributed by atoms with E-state index in [0.717, 1.165) is 45.2 Å². The molecular weight excluding hydrogens is 278 g/mol. The Labute approximate surface area is 135 Å². The summed E-state index contributed by atoms with van der Waals surface area (Å²) in [6, 6.07) is 0.326. The number of hydrogen-bond donors (Lipinski definition) is 2. The first-order valence-electron chi connectivity index (χ1n) is 9.02. The summed E-state index contributed by atoms with van der Waals surface area (Å²) >= 11 is 0. The third kappa shape index (κ3) is 5.13. The average molecular weight is 311 g/mol. The van der Waals surface area contributed by atoms with Gasteiger partial charge in [-0.1, -0.05) is 19.8 Å². The molecule has 22 heavy (non-hydrogen) atoms. The van der Waals surface area contributed by atoms with Gasteiger partial charge in [-0.15, -0.1) is 0 Å². The highest BCUT2D eigenvalue weighted by molar-refractivity contribution is 5.74. The lowest BCUT2D eigenvalue weighted by molar-refractivity contribution is 0.112. The molecule has 0 radical (unpaired) electrons. The minimum absolute atomic E-state index is 0.0195. The molecule has 0 bridgehead atoms. The van der Waals surface area contributed by atoms with Crippen LogP contribution < -0.4 is 5.32 Å². The van der Waals surface area contributed by atoms with Gasteiger partial charge in [0.25, 0.3) is 0 Å². The van der Waals surface area contributed by atoms with E-state index in [9.17, 15) is 9.90 Å². The molecule has 1 heterocycles. The standard InChI is InChI=1S/C17H33N3O2/c1-3-4-10-20-11-8-15(9-12-20)18-17(22)19(2)13-14-6-5-7-16(14)21/h14-16,21H,3-13H2,1-2H3,(H,18,22). The molecule has 2 unspecified atom stereocenters. The van der Waals surface area contributed by atoms with Crippen molar-refractivity contribution in [3.8, 4) is 0 Å². The van der Waals surface area contributed by atoms with E-state index in [0.29, 0.717) is 12.6 Å². The van der Waals surface area contributed by atoms with Gasteiger partial charge in [0, 0.05) is 38.6 Å². The van der Waals surface area contributed by atoms with Crippen LogP contribution in [-0.2, 0) is 0 Å². The van der Waals surface area contributed by atoms with E-state index >= 15 is 0 Å². The van der Waals surface area contributed by atoms with Crippen LogP contribution >= 0.6 is 0 Å². The van der Waals surface area contributed by atoms with Gasteiger partial charge >= 0.3 is 6.03 Å². The summed E-state index contributed by atoms with van der Waals surface area (Å²) in [4.78, 5) is 16.5. The molecule has 1 aliphatic carbocycles. The number of piperidine rings is 1. The van der Waals surface area contributed by atoms with Gasteiger partial charge in [-0.2, -0.15) is 0 Å². The summed E-state index contributed by atoms with van der Waals surface area (Å²) < 4.78 is 0. The zero-order valence-electron chi connectivity index (χ0n) is 14.3. The summed E-state index contributed by atoms with van der Waals surface area (Å²) in [6.45, 7) is 6.27. The number of rotatable bonds is 6. The second-order valence-electron chi connectivity index (χ2n) is 7.06. The highest BCUT2D eigenvalue weighted by Gasteiger charge is 2.28. The summed E-state index contributed by atoms with van der Waals surface area (Å²) in [5.74, 6) is 0.256. The molecule has 128 valence electrons. The minimum Gasteiger partial charge on any atom is -0.393 e. The van der Waals surface area contributed by atoms with Crippen LogP contribution in [0.3, 0.4) is 0 Å². The van der Waals surface area contributed by atoms with Gasteiger partial charge in [0.2, 0.25) is 0 Å². The molecule has 0 aromatic carbocycles. The molecule has 0 aromatic heterocycles. The average Bonchev–Trinajstić information content (AvgIpc) is 2.91. The van der Waals surface area contributed by atoms with Gasteiger partial charge in [0.15, 0.2) is 0 Å². The lowest BCUT2D eigenvalue weighted by Crippen LogP contribution is -2.49. The summed E-state index contributed by atoms with van der Waals surface area (Å²) in [6.07, 6.45) is 7.39. The van der Waals surface area contributed by atoms with Gasteiger partial charge in [-0.05, 0) is 38.6 Å². The number of aliphatic hydroxyl groups is 1. The van der Waals surface area contributed by atoms with E-state index < -0.39 is 0 Å². The second kappa shape index (κ2) is 8.73. The SMILES string of the molecule is CCCCN1CCC(NC(=O)N(C)CC2CCCC2O)CC1. The van der Waals surface area contributed by atoms with E-state index in [2.05, 4.69) is 17.1 Å². The number of carbonyl (C=O) groups is 1. The van der Waals surface area contributed by atoms with Gasteiger partial charge in [-0.25, -0.2) is 4.79 Å². The Bertz CT molecular complexity index is 343. The van der Waals surface area contributed by atoms with Crippen LogP contribution in [0.2, 0.25) is 0 Å². The maximum atomic E-state index is 12.3. The predicted molar refractivity (Wildman–Crippen MR) is 88.9 cm³/mol. The first-order chi connectivity index (χ1) is 10.6.